The fourth-order valence-corrected chi connectivity index (χ4v) is 15.7. The minimum Gasteiger partial charge on any atom is -0.481 e. The van der Waals surface area contributed by atoms with Gasteiger partial charge in [-0.1, -0.05) is 60.1 Å². The molecule has 0 bridgehead atoms. The van der Waals surface area contributed by atoms with Crippen LogP contribution in [0.15, 0.2) is 11.6 Å². The lowest BCUT2D eigenvalue weighted by molar-refractivity contribution is -0.381. The van der Waals surface area contributed by atoms with Gasteiger partial charge >= 0.3 is 5.97 Å². The van der Waals surface area contributed by atoms with Crippen LogP contribution in [-0.2, 0) is 42.7 Å². The highest BCUT2D eigenvalue weighted by Crippen LogP contribution is 2.76. The lowest BCUT2D eigenvalue weighted by atomic mass is 9.33. The molecule has 5 aliphatic carbocycles. The van der Waals surface area contributed by atoms with Gasteiger partial charge in [-0.25, -0.2) is 0 Å². The molecule has 70 heavy (non-hydrogen) atoms. The van der Waals surface area contributed by atoms with Gasteiger partial charge in [0.05, 0.1) is 37.4 Å². The van der Waals surface area contributed by atoms with Crippen molar-refractivity contribution in [1.82, 2.24) is 0 Å². The third-order valence-electron chi connectivity index (χ3n) is 20.3. The molecule has 400 valence electrons. The van der Waals surface area contributed by atoms with E-state index in [-0.39, 0.29) is 52.8 Å². The summed E-state index contributed by atoms with van der Waals surface area (Å²) < 4.78 is 47.7. The van der Waals surface area contributed by atoms with Gasteiger partial charge in [0.15, 0.2) is 25.2 Å². The van der Waals surface area contributed by atoms with Gasteiger partial charge in [0.25, 0.3) is 0 Å². The van der Waals surface area contributed by atoms with Gasteiger partial charge < -0.3 is 89.0 Å². The van der Waals surface area contributed by atoms with Gasteiger partial charge in [0.1, 0.15) is 73.2 Å². The number of carbonyl (C=O) groups is 1. The van der Waals surface area contributed by atoms with Crippen LogP contribution >= 0.6 is 0 Å². The number of carboxylic acid groups (broad SMARTS) is 1. The predicted octanol–water partition coefficient (Wildman–Crippen LogP) is 1.48. The first-order valence-corrected chi connectivity index (χ1v) is 25.9. The third kappa shape index (κ3) is 8.57. The van der Waals surface area contributed by atoms with E-state index in [2.05, 4.69) is 54.5 Å². The summed E-state index contributed by atoms with van der Waals surface area (Å²) in [6.45, 7) is 16.9. The Balaban J connectivity index is 0.879. The summed E-state index contributed by atoms with van der Waals surface area (Å²) in [4.78, 5) is 13.2. The molecule has 0 spiro atoms. The van der Waals surface area contributed by atoms with Crippen LogP contribution in [-0.4, -0.2) is 187 Å². The first-order valence-electron chi connectivity index (χ1n) is 25.9. The minimum absolute atomic E-state index is 0.0272. The van der Waals surface area contributed by atoms with E-state index in [1.165, 1.54) is 12.5 Å². The van der Waals surface area contributed by atoms with Crippen molar-refractivity contribution in [3.05, 3.63) is 11.6 Å². The number of allylic oxidation sites excluding steroid dienone is 2. The van der Waals surface area contributed by atoms with Crippen LogP contribution in [0.1, 0.15) is 120 Å². The second-order valence-electron chi connectivity index (χ2n) is 24.9. The van der Waals surface area contributed by atoms with E-state index in [0.29, 0.717) is 18.8 Å². The van der Waals surface area contributed by atoms with Crippen molar-refractivity contribution in [2.75, 3.05) is 19.8 Å². The molecule has 9 aliphatic rings. The van der Waals surface area contributed by atoms with Crippen molar-refractivity contribution in [2.24, 2.45) is 50.2 Å². The van der Waals surface area contributed by atoms with Crippen molar-refractivity contribution in [3.8, 4) is 0 Å². The Morgan fingerprint density at radius 2 is 1.21 bits per heavy atom. The van der Waals surface area contributed by atoms with Crippen LogP contribution in [0, 0.1) is 50.2 Å². The molecule has 9 rings (SSSR count). The van der Waals surface area contributed by atoms with E-state index in [9.17, 15) is 55.9 Å². The van der Waals surface area contributed by atoms with E-state index in [1.54, 1.807) is 0 Å². The molecule has 19 nitrogen and oxygen atoms in total. The second kappa shape index (κ2) is 19.0. The summed E-state index contributed by atoms with van der Waals surface area (Å²) in [5, 5.41) is 108. The number of hydrogen-bond acceptors (Lipinski definition) is 18. The Kier molecular flexibility index (Phi) is 14.5. The highest BCUT2D eigenvalue weighted by molar-refractivity contribution is 5.76. The molecular formula is C51H82O19. The molecule has 0 amide bonds. The zero-order chi connectivity index (χ0) is 50.8. The van der Waals surface area contributed by atoms with Crippen LogP contribution in [0.2, 0.25) is 0 Å². The van der Waals surface area contributed by atoms with E-state index >= 15 is 0 Å². The zero-order valence-corrected chi connectivity index (χ0v) is 42.0. The van der Waals surface area contributed by atoms with Gasteiger partial charge in [-0.2, -0.15) is 0 Å². The Morgan fingerprint density at radius 3 is 1.91 bits per heavy atom. The fraction of sp³-hybridized carbons (Fsp3) is 0.941. The smallest absolute Gasteiger partial charge is 0.310 e. The lowest BCUT2D eigenvalue weighted by Crippen LogP contribution is -2.66. The monoisotopic (exact) mass is 999 g/mol. The Morgan fingerprint density at radius 1 is 0.600 bits per heavy atom. The fourth-order valence-electron chi connectivity index (χ4n) is 15.7. The maximum absolute atomic E-state index is 13.2. The highest BCUT2D eigenvalue weighted by atomic mass is 16.8. The van der Waals surface area contributed by atoms with Gasteiger partial charge in [-0.05, 0) is 116 Å². The number of rotatable bonds is 9. The van der Waals surface area contributed by atoms with Crippen molar-refractivity contribution >= 4 is 5.97 Å². The number of hydrogen-bond donors (Lipinski definition) is 10. The zero-order valence-electron chi connectivity index (χ0n) is 42.0. The molecule has 0 aromatic rings. The number of ether oxygens (including phenoxy) is 8. The average molecular weight is 999 g/mol. The molecule has 0 aromatic heterocycles. The first-order chi connectivity index (χ1) is 32.7. The first kappa shape index (κ1) is 53.4. The van der Waals surface area contributed by atoms with E-state index in [0.717, 1.165) is 51.4 Å². The molecule has 4 aliphatic heterocycles. The Bertz CT molecular complexity index is 1930. The topological polar surface area (TPSA) is 293 Å². The third-order valence-corrected chi connectivity index (χ3v) is 20.3. The van der Waals surface area contributed by atoms with Crippen LogP contribution in [0.3, 0.4) is 0 Å². The molecule has 8 fully saturated rings. The van der Waals surface area contributed by atoms with E-state index in [1.807, 2.05) is 0 Å². The molecule has 0 radical (unpaired) electrons. The number of aliphatic hydroxyl groups excluding tert-OH is 9. The predicted molar refractivity (Wildman–Crippen MR) is 244 cm³/mol. The molecule has 0 aromatic carbocycles. The molecular weight excluding hydrogens is 917 g/mol. The molecule has 25 unspecified atom stereocenters. The van der Waals surface area contributed by atoms with Crippen molar-refractivity contribution in [2.45, 2.75) is 230 Å². The second-order valence-corrected chi connectivity index (χ2v) is 24.9. The average Bonchev–Trinajstić information content (AvgIpc) is 3.29. The number of aliphatic carboxylic acids is 1. The number of fused-ring (bicyclic) bond motifs is 7. The SMILES string of the molecule is CC1OC(OC2C(OC3CCC4(C)C(CCC5(C)C4CC=C4C6CC(C)(C)CCC6(C(=O)O)CCC45C)C3(C)C)OCC(O)C2O)C(O)C(OC2OCC(OC3OCC(O)C(O)C3O)C(O)C2O)C1O. The minimum atomic E-state index is -1.81. The van der Waals surface area contributed by atoms with Gasteiger partial charge in [-0.3, -0.25) is 4.79 Å². The molecule has 10 N–H and O–H groups in total. The van der Waals surface area contributed by atoms with Crippen LogP contribution in [0.4, 0.5) is 0 Å². The van der Waals surface area contributed by atoms with E-state index in [4.69, 9.17) is 37.9 Å². The van der Waals surface area contributed by atoms with Crippen molar-refractivity contribution < 1.29 is 93.8 Å². The van der Waals surface area contributed by atoms with Crippen LogP contribution < -0.4 is 0 Å². The normalized spacial score (nSPS) is 54.4. The summed E-state index contributed by atoms with van der Waals surface area (Å²) in [5.74, 6) is -0.0220. The largest absolute Gasteiger partial charge is 0.481 e. The van der Waals surface area contributed by atoms with Gasteiger partial charge in [0.2, 0.25) is 0 Å². The van der Waals surface area contributed by atoms with Crippen molar-refractivity contribution in [3.63, 3.8) is 0 Å². The van der Waals surface area contributed by atoms with Crippen LogP contribution in [0.5, 0.6) is 0 Å². The molecule has 4 saturated carbocycles. The van der Waals surface area contributed by atoms with Crippen molar-refractivity contribution in [1.29, 1.82) is 0 Å². The van der Waals surface area contributed by atoms with Gasteiger partial charge in [-0.15, -0.1) is 0 Å². The Hall–Kier alpha value is -1.47. The summed E-state index contributed by atoms with van der Waals surface area (Å²) in [6.07, 6.45) is -14.8. The summed E-state index contributed by atoms with van der Waals surface area (Å²) in [5.41, 5.74) is 0.124. The summed E-state index contributed by atoms with van der Waals surface area (Å²) in [7, 11) is 0. The summed E-state index contributed by atoms with van der Waals surface area (Å²) in [6, 6.07) is 0. The molecule has 19 heteroatoms. The number of carboxylic acids is 1. The molecule has 4 saturated heterocycles. The molecule has 25 atom stereocenters. The van der Waals surface area contributed by atoms with Gasteiger partial charge in [0, 0.05) is 0 Å². The quantitative estimate of drug-likeness (QED) is 0.116. The van der Waals surface area contributed by atoms with Crippen LogP contribution in [0.25, 0.3) is 0 Å². The standard InChI is InChI=1S/C51H82O19/c1-23-32(54)39(69-42-37(59)35(57)28(22-65-42)67-41-36(58)33(55)26(52)20-63-41)38(60)43(66-23)70-40-34(56)27(53)21-64-44(40)68-31-12-13-48(6)29(47(31,4)5)11-14-50(8)30(48)10-9-24-25-19-46(2,3)15-17-51(25,45(61)62)18-16-49(24,50)7/h9,23,25-44,52-60H,10-22H2,1-8H3,(H,61,62). The molecule has 4 heterocycles. The number of aliphatic hydroxyl groups is 9. The van der Waals surface area contributed by atoms with E-state index < -0.39 is 128 Å². The summed E-state index contributed by atoms with van der Waals surface area (Å²) >= 11 is 0. The maximum Gasteiger partial charge on any atom is 0.310 e. The highest BCUT2D eigenvalue weighted by Gasteiger charge is 2.70. The lowest BCUT2D eigenvalue weighted by Gasteiger charge is -2.71. The maximum atomic E-state index is 13.2. The Labute approximate surface area is 410 Å².